The molecule has 0 aliphatic carbocycles. The lowest BCUT2D eigenvalue weighted by Crippen LogP contribution is -2.52. The third kappa shape index (κ3) is 4.04. The van der Waals surface area contributed by atoms with E-state index >= 15 is 0 Å². The van der Waals surface area contributed by atoms with Crippen molar-refractivity contribution in [1.82, 2.24) is 4.72 Å². The monoisotopic (exact) mass is 283 g/mol. The van der Waals surface area contributed by atoms with Gasteiger partial charge in [-0.05, 0) is 38.0 Å². The SMILES string of the molecule is CCCc1ccc(S(=O)(=O)NC(C)(C)C(=N)N)cc1. The molecule has 0 unspecified atom stereocenters. The Morgan fingerprint density at radius 1 is 1.32 bits per heavy atom. The summed E-state index contributed by atoms with van der Waals surface area (Å²) in [6.45, 7) is 5.18. The normalized spacial score (nSPS) is 12.4. The maximum atomic E-state index is 12.2. The van der Waals surface area contributed by atoms with Crippen molar-refractivity contribution in [2.45, 2.75) is 44.0 Å². The number of sulfonamides is 1. The second-order valence-electron chi connectivity index (χ2n) is 5.04. The zero-order valence-electron chi connectivity index (χ0n) is 11.5. The van der Waals surface area contributed by atoms with Crippen LogP contribution < -0.4 is 10.5 Å². The molecule has 0 saturated heterocycles. The minimum atomic E-state index is -3.67. The summed E-state index contributed by atoms with van der Waals surface area (Å²) < 4.78 is 26.7. The van der Waals surface area contributed by atoms with E-state index in [9.17, 15) is 8.42 Å². The Bertz CT molecular complexity index is 548. The van der Waals surface area contributed by atoms with Gasteiger partial charge in [0.2, 0.25) is 10.0 Å². The zero-order chi connectivity index (χ0) is 14.7. The lowest BCUT2D eigenvalue weighted by atomic mass is 10.1. The van der Waals surface area contributed by atoms with Crippen LogP contribution in [-0.2, 0) is 16.4 Å². The molecule has 0 saturated carbocycles. The molecule has 0 bridgehead atoms. The van der Waals surface area contributed by atoms with Gasteiger partial charge in [-0.1, -0.05) is 25.5 Å². The Morgan fingerprint density at radius 3 is 2.26 bits per heavy atom. The molecule has 0 aromatic heterocycles. The average Bonchev–Trinajstić information content (AvgIpc) is 2.28. The van der Waals surface area contributed by atoms with E-state index in [4.69, 9.17) is 11.1 Å². The Balaban J connectivity index is 2.98. The lowest BCUT2D eigenvalue weighted by molar-refractivity contribution is 0.542. The van der Waals surface area contributed by atoms with Crippen molar-refractivity contribution in [3.8, 4) is 0 Å². The first kappa shape index (κ1) is 15.7. The zero-order valence-corrected chi connectivity index (χ0v) is 12.3. The summed E-state index contributed by atoms with van der Waals surface area (Å²) in [5, 5.41) is 7.38. The van der Waals surface area contributed by atoms with Crippen LogP contribution in [-0.4, -0.2) is 19.8 Å². The molecule has 0 atom stereocenters. The molecule has 0 spiro atoms. The molecular weight excluding hydrogens is 262 g/mol. The van der Waals surface area contributed by atoms with Gasteiger partial charge < -0.3 is 5.73 Å². The minimum Gasteiger partial charge on any atom is -0.386 e. The van der Waals surface area contributed by atoms with Crippen LogP contribution in [0.4, 0.5) is 0 Å². The third-order valence-corrected chi connectivity index (χ3v) is 4.51. The molecule has 0 aliphatic heterocycles. The lowest BCUT2D eigenvalue weighted by Gasteiger charge is -2.24. The number of hydrogen-bond acceptors (Lipinski definition) is 3. The number of hydrogen-bond donors (Lipinski definition) is 3. The minimum absolute atomic E-state index is 0.182. The van der Waals surface area contributed by atoms with E-state index in [1.807, 2.05) is 0 Å². The van der Waals surface area contributed by atoms with Crippen LogP contribution in [0.15, 0.2) is 29.2 Å². The molecule has 1 aromatic rings. The van der Waals surface area contributed by atoms with E-state index in [0.717, 1.165) is 18.4 Å². The molecule has 4 N–H and O–H groups in total. The van der Waals surface area contributed by atoms with E-state index in [2.05, 4.69) is 11.6 Å². The predicted molar refractivity (Wildman–Crippen MR) is 76.8 cm³/mol. The van der Waals surface area contributed by atoms with Crippen molar-refractivity contribution in [2.75, 3.05) is 0 Å². The maximum Gasteiger partial charge on any atom is 0.241 e. The smallest absolute Gasteiger partial charge is 0.241 e. The summed E-state index contributed by atoms with van der Waals surface area (Å²) in [6, 6.07) is 6.75. The van der Waals surface area contributed by atoms with E-state index in [1.165, 1.54) is 0 Å². The summed E-state index contributed by atoms with van der Waals surface area (Å²) in [5.41, 5.74) is 5.38. The van der Waals surface area contributed by atoms with Crippen LogP contribution >= 0.6 is 0 Å². The Hall–Kier alpha value is -1.40. The van der Waals surface area contributed by atoms with Crippen LogP contribution in [0.5, 0.6) is 0 Å². The first-order chi connectivity index (χ1) is 8.69. The highest BCUT2D eigenvalue weighted by Crippen LogP contribution is 2.14. The number of benzene rings is 1. The van der Waals surface area contributed by atoms with E-state index in [-0.39, 0.29) is 10.7 Å². The molecule has 1 aromatic carbocycles. The summed E-state index contributed by atoms with van der Waals surface area (Å²) in [7, 11) is -3.67. The first-order valence-electron chi connectivity index (χ1n) is 6.16. The number of nitrogens with two attached hydrogens (primary N) is 1. The van der Waals surface area contributed by atoms with Crippen molar-refractivity contribution in [1.29, 1.82) is 5.41 Å². The van der Waals surface area contributed by atoms with Gasteiger partial charge in [-0.25, -0.2) is 8.42 Å². The van der Waals surface area contributed by atoms with Crippen molar-refractivity contribution in [3.05, 3.63) is 29.8 Å². The van der Waals surface area contributed by atoms with Gasteiger partial charge in [0.05, 0.1) is 10.4 Å². The predicted octanol–water partition coefficient (Wildman–Crippen LogP) is 1.63. The molecule has 19 heavy (non-hydrogen) atoms. The summed E-state index contributed by atoms with van der Waals surface area (Å²) in [6.07, 6.45) is 1.94. The average molecular weight is 283 g/mol. The first-order valence-corrected chi connectivity index (χ1v) is 7.65. The van der Waals surface area contributed by atoms with Gasteiger partial charge in [-0.2, -0.15) is 4.72 Å². The third-order valence-electron chi connectivity index (χ3n) is 2.84. The van der Waals surface area contributed by atoms with Crippen molar-refractivity contribution < 1.29 is 8.42 Å². The molecule has 0 heterocycles. The van der Waals surface area contributed by atoms with E-state index in [0.29, 0.717) is 0 Å². The Labute approximate surface area is 114 Å². The van der Waals surface area contributed by atoms with Gasteiger partial charge in [0.1, 0.15) is 5.84 Å². The van der Waals surface area contributed by atoms with Crippen LogP contribution in [0.25, 0.3) is 0 Å². The fourth-order valence-corrected chi connectivity index (χ4v) is 2.97. The molecule has 0 fully saturated rings. The molecule has 0 radical (unpaired) electrons. The van der Waals surface area contributed by atoms with Gasteiger partial charge in [0, 0.05) is 0 Å². The van der Waals surface area contributed by atoms with Crippen molar-refractivity contribution >= 4 is 15.9 Å². The number of aryl methyl sites for hydroxylation is 1. The summed E-state index contributed by atoms with van der Waals surface area (Å²) in [4.78, 5) is 0.182. The van der Waals surface area contributed by atoms with Crippen molar-refractivity contribution in [2.24, 2.45) is 5.73 Å². The van der Waals surface area contributed by atoms with Gasteiger partial charge in [-0.15, -0.1) is 0 Å². The van der Waals surface area contributed by atoms with Crippen LogP contribution in [0.3, 0.4) is 0 Å². The topological polar surface area (TPSA) is 96.0 Å². The molecule has 0 amide bonds. The van der Waals surface area contributed by atoms with Crippen LogP contribution in [0.2, 0.25) is 0 Å². The van der Waals surface area contributed by atoms with Gasteiger partial charge >= 0.3 is 0 Å². The second-order valence-corrected chi connectivity index (χ2v) is 6.72. The number of nitrogens with one attached hydrogen (secondary N) is 2. The fourth-order valence-electron chi connectivity index (χ4n) is 1.57. The quantitative estimate of drug-likeness (QED) is 0.547. The summed E-state index contributed by atoms with van der Waals surface area (Å²) >= 11 is 0. The highest BCUT2D eigenvalue weighted by molar-refractivity contribution is 7.89. The molecule has 6 heteroatoms. The Morgan fingerprint density at radius 2 is 1.84 bits per heavy atom. The fraction of sp³-hybridized carbons (Fsp3) is 0.462. The Kier molecular flexibility index (Phi) is 4.70. The second kappa shape index (κ2) is 5.71. The molecule has 0 aliphatic rings. The van der Waals surface area contributed by atoms with Crippen molar-refractivity contribution in [3.63, 3.8) is 0 Å². The highest BCUT2D eigenvalue weighted by Gasteiger charge is 2.28. The maximum absolute atomic E-state index is 12.2. The molecular formula is C13H21N3O2S. The van der Waals surface area contributed by atoms with Gasteiger partial charge in [0.25, 0.3) is 0 Å². The number of amidine groups is 1. The highest BCUT2D eigenvalue weighted by atomic mass is 32.2. The number of rotatable bonds is 6. The standard InChI is InChI=1S/C13H21N3O2S/c1-4-5-10-6-8-11(9-7-10)19(17,18)16-13(2,3)12(14)15/h6-9,16H,4-5H2,1-3H3,(H3,14,15). The largest absolute Gasteiger partial charge is 0.386 e. The molecule has 1 rings (SSSR count). The summed E-state index contributed by atoms with van der Waals surface area (Å²) in [5.74, 6) is -0.223. The van der Waals surface area contributed by atoms with Gasteiger partial charge in [0.15, 0.2) is 0 Å². The molecule has 106 valence electrons. The molecule has 5 nitrogen and oxygen atoms in total. The van der Waals surface area contributed by atoms with E-state index in [1.54, 1.807) is 38.1 Å². The van der Waals surface area contributed by atoms with E-state index < -0.39 is 15.6 Å². The van der Waals surface area contributed by atoms with Crippen LogP contribution in [0.1, 0.15) is 32.8 Å². The van der Waals surface area contributed by atoms with Gasteiger partial charge in [-0.3, -0.25) is 5.41 Å². The van der Waals surface area contributed by atoms with Crippen LogP contribution in [0, 0.1) is 5.41 Å².